The van der Waals surface area contributed by atoms with Crippen molar-refractivity contribution in [2.75, 3.05) is 27.4 Å². The molecule has 0 aromatic rings. The van der Waals surface area contributed by atoms with Crippen molar-refractivity contribution in [2.24, 2.45) is 11.5 Å². The molecule has 0 fully saturated rings. The second-order valence-corrected chi connectivity index (χ2v) is 1.66. The van der Waals surface area contributed by atoms with Gasteiger partial charge >= 0.3 is 0 Å². The predicted molar refractivity (Wildman–Crippen MR) is 45.5 cm³/mol. The van der Waals surface area contributed by atoms with E-state index in [-0.39, 0.29) is 0 Å². The summed E-state index contributed by atoms with van der Waals surface area (Å²) in [5.74, 6) is -1.38. The van der Waals surface area contributed by atoms with E-state index < -0.39 is 25.0 Å². The summed E-state index contributed by atoms with van der Waals surface area (Å²) in [4.78, 5) is 18.7. The quantitative estimate of drug-likeness (QED) is 0.378. The molecule has 7 heteroatoms. The van der Waals surface area contributed by atoms with Crippen LogP contribution in [0.3, 0.4) is 0 Å². The molecule has 2 amide bonds. The number of hydrogen-bond acceptors (Lipinski definition) is 5. The lowest BCUT2D eigenvalue weighted by molar-refractivity contribution is -0.121. The maximum absolute atomic E-state index is 9.34. The molecule has 0 aromatic carbocycles. The molecule has 0 aromatic heterocycles. The largest absolute Gasteiger partial charge is 0.388 e. The van der Waals surface area contributed by atoms with Crippen LogP contribution in [-0.2, 0) is 14.3 Å². The Bertz CT molecular complexity index is 114. The Morgan fingerprint density at radius 3 is 1.15 bits per heavy atom. The van der Waals surface area contributed by atoms with Gasteiger partial charge in [0.2, 0.25) is 11.8 Å². The molecule has 0 aliphatic rings. The zero-order chi connectivity index (χ0) is 11.3. The van der Waals surface area contributed by atoms with E-state index >= 15 is 0 Å². The van der Waals surface area contributed by atoms with Crippen LogP contribution in [0.5, 0.6) is 0 Å². The average Bonchev–Trinajstić information content (AvgIpc) is 2.07. The molecule has 0 aliphatic carbocycles. The van der Waals surface area contributed by atoms with Crippen LogP contribution in [0.4, 0.5) is 0 Å². The fourth-order valence-corrected chi connectivity index (χ4v) is 0. The topological polar surface area (TPSA) is 136 Å². The number of carbonyl (C=O) groups excluding carboxylic acids is 2. The molecule has 0 saturated heterocycles. The van der Waals surface area contributed by atoms with Crippen LogP contribution in [0.25, 0.3) is 0 Å². The number of aliphatic hydroxyl groups is 2. The lowest BCUT2D eigenvalue weighted by Gasteiger charge is -1.73. The summed E-state index contributed by atoms with van der Waals surface area (Å²) in [7, 11) is 3.25. The predicted octanol–water partition coefficient (Wildman–Crippen LogP) is -2.81. The molecule has 0 radical (unpaired) electrons. The fourth-order valence-electron chi connectivity index (χ4n) is 0. The van der Waals surface area contributed by atoms with Gasteiger partial charge in [-0.1, -0.05) is 0 Å². The van der Waals surface area contributed by atoms with Crippen LogP contribution < -0.4 is 11.5 Å². The first-order valence-corrected chi connectivity index (χ1v) is 3.14. The summed E-state index contributed by atoms with van der Waals surface area (Å²) < 4.78 is 4.25. The fraction of sp³-hybridized carbons (Fsp3) is 0.667. The van der Waals surface area contributed by atoms with Crippen LogP contribution in [-0.4, -0.2) is 49.5 Å². The smallest absolute Gasteiger partial charge is 0.243 e. The molecule has 0 heterocycles. The zero-order valence-corrected chi connectivity index (χ0v) is 7.69. The molecule has 7 nitrogen and oxygen atoms in total. The highest BCUT2D eigenvalue weighted by Crippen LogP contribution is 1.42. The normalized spacial score (nSPS) is 7.08. The minimum Gasteiger partial charge on any atom is -0.388 e. The molecule has 0 atom stereocenters. The number of hydrogen-bond donors (Lipinski definition) is 4. The van der Waals surface area contributed by atoms with Gasteiger partial charge < -0.3 is 26.4 Å². The van der Waals surface area contributed by atoms with Crippen molar-refractivity contribution in [3.8, 4) is 0 Å². The van der Waals surface area contributed by atoms with Gasteiger partial charge in [0, 0.05) is 14.2 Å². The van der Waals surface area contributed by atoms with Crippen molar-refractivity contribution in [3.05, 3.63) is 0 Å². The number of primary amides is 2. The highest BCUT2D eigenvalue weighted by Gasteiger charge is 1.79. The minimum atomic E-state index is -0.690. The van der Waals surface area contributed by atoms with E-state index in [2.05, 4.69) is 16.2 Å². The lowest BCUT2D eigenvalue weighted by atomic mass is 10.7. The third-order valence-electron chi connectivity index (χ3n) is 0.312. The number of nitrogens with two attached hydrogens (primary N) is 2. The van der Waals surface area contributed by atoms with Crippen molar-refractivity contribution in [3.63, 3.8) is 0 Å². The minimum absolute atomic E-state index is 0.556. The van der Waals surface area contributed by atoms with Crippen LogP contribution >= 0.6 is 0 Å². The zero-order valence-electron chi connectivity index (χ0n) is 7.69. The van der Waals surface area contributed by atoms with Gasteiger partial charge in [0.05, 0.1) is 0 Å². The average molecular weight is 196 g/mol. The first kappa shape index (κ1) is 17.8. The third kappa shape index (κ3) is 106. The second kappa shape index (κ2) is 17.1. The van der Waals surface area contributed by atoms with Crippen molar-refractivity contribution in [1.82, 2.24) is 0 Å². The molecule has 80 valence electrons. The van der Waals surface area contributed by atoms with Crippen LogP contribution in [0, 0.1) is 0 Å². The number of rotatable bonds is 2. The highest BCUT2D eigenvalue weighted by atomic mass is 16.4. The summed E-state index contributed by atoms with van der Waals surface area (Å²) in [6.45, 7) is -1.11. The number of aliphatic hydroxyl groups excluding tert-OH is 2. The van der Waals surface area contributed by atoms with E-state index in [1.165, 1.54) is 0 Å². The maximum Gasteiger partial charge on any atom is 0.243 e. The Balaban J connectivity index is -0.000000120. The van der Waals surface area contributed by atoms with Gasteiger partial charge in [-0.25, -0.2) is 0 Å². The molecule has 0 spiro atoms. The summed E-state index contributed by atoms with van der Waals surface area (Å²) in [6, 6.07) is 0. The van der Waals surface area contributed by atoms with Gasteiger partial charge in [-0.05, 0) is 0 Å². The Kier molecular flexibility index (Phi) is 23.3. The molecule has 6 N–H and O–H groups in total. The summed E-state index contributed by atoms with van der Waals surface area (Å²) in [6.07, 6.45) is 0. The Morgan fingerprint density at radius 2 is 1.15 bits per heavy atom. The van der Waals surface area contributed by atoms with Crippen molar-refractivity contribution >= 4 is 11.8 Å². The van der Waals surface area contributed by atoms with Gasteiger partial charge in [0.15, 0.2) is 0 Å². The van der Waals surface area contributed by atoms with E-state index in [1.807, 2.05) is 0 Å². The van der Waals surface area contributed by atoms with Crippen molar-refractivity contribution < 1.29 is 24.5 Å². The van der Waals surface area contributed by atoms with Gasteiger partial charge in [0.25, 0.3) is 0 Å². The maximum atomic E-state index is 9.34. The molecule has 0 saturated carbocycles. The summed E-state index contributed by atoms with van der Waals surface area (Å²) >= 11 is 0. The molecule has 0 bridgehead atoms. The SMILES string of the molecule is COC.NC(=O)CO.NC(=O)CO. The van der Waals surface area contributed by atoms with E-state index in [0.717, 1.165) is 0 Å². The number of carbonyl (C=O) groups is 2. The molecule has 0 unspecified atom stereocenters. The van der Waals surface area contributed by atoms with Crippen LogP contribution in [0.1, 0.15) is 0 Å². The molecular weight excluding hydrogens is 180 g/mol. The number of ether oxygens (including phenoxy) is 1. The lowest BCUT2D eigenvalue weighted by Crippen LogP contribution is -2.14. The van der Waals surface area contributed by atoms with Gasteiger partial charge in [-0.3, -0.25) is 9.59 Å². The molecule has 13 heavy (non-hydrogen) atoms. The molecular formula is C6H16N2O5. The molecule has 0 aliphatic heterocycles. The van der Waals surface area contributed by atoms with Crippen molar-refractivity contribution in [1.29, 1.82) is 0 Å². The Hall–Kier alpha value is -1.18. The highest BCUT2D eigenvalue weighted by molar-refractivity contribution is 5.74. The van der Waals surface area contributed by atoms with Gasteiger partial charge in [-0.2, -0.15) is 0 Å². The monoisotopic (exact) mass is 196 g/mol. The second-order valence-electron chi connectivity index (χ2n) is 1.66. The first-order chi connectivity index (χ1) is 5.95. The van der Waals surface area contributed by atoms with E-state index in [9.17, 15) is 9.59 Å². The Labute approximate surface area is 76.3 Å². The summed E-state index contributed by atoms with van der Waals surface area (Å²) in [5.41, 5.74) is 8.81. The Morgan fingerprint density at radius 1 is 1.08 bits per heavy atom. The first-order valence-electron chi connectivity index (χ1n) is 3.14. The van der Waals surface area contributed by atoms with Gasteiger partial charge in [-0.15, -0.1) is 0 Å². The molecule has 0 rings (SSSR count). The van der Waals surface area contributed by atoms with Gasteiger partial charge in [0.1, 0.15) is 13.2 Å². The van der Waals surface area contributed by atoms with Crippen LogP contribution in [0.2, 0.25) is 0 Å². The van der Waals surface area contributed by atoms with E-state index in [1.54, 1.807) is 14.2 Å². The van der Waals surface area contributed by atoms with E-state index in [4.69, 9.17) is 10.2 Å². The third-order valence-corrected chi connectivity index (χ3v) is 0.312. The number of amides is 2. The van der Waals surface area contributed by atoms with Crippen LogP contribution in [0.15, 0.2) is 0 Å². The van der Waals surface area contributed by atoms with Crippen molar-refractivity contribution in [2.45, 2.75) is 0 Å². The van der Waals surface area contributed by atoms with E-state index in [0.29, 0.717) is 0 Å². The standard InChI is InChI=1S/2C2H5NO2.C2H6O/c2*3-2(5)1-4;1-3-2/h2*4H,1H2,(H2,3,5);1-2H3. The number of methoxy groups -OCH3 is 1. The summed E-state index contributed by atoms with van der Waals surface area (Å²) in [5, 5.41) is 15.3.